The maximum absolute atomic E-state index is 12.6. The Balaban J connectivity index is 1.81. The summed E-state index contributed by atoms with van der Waals surface area (Å²) in [6.07, 6.45) is 5.49. The number of aromatic nitrogens is 1. The normalized spacial score (nSPS) is 11.2. The zero-order chi connectivity index (χ0) is 19.0. The van der Waals surface area contributed by atoms with Crippen molar-refractivity contribution in [2.75, 3.05) is 11.4 Å². The molecule has 5 heteroatoms. The number of nitrogens with zero attached hydrogens (tertiary/aromatic N) is 2. The highest BCUT2D eigenvalue weighted by Crippen LogP contribution is 2.31. The van der Waals surface area contributed by atoms with E-state index in [1.54, 1.807) is 0 Å². The van der Waals surface area contributed by atoms with Crippen molar-refractivity contribution in [3.8, 4) is 22.9 Å². The van der Waals surface area contributed by atoms with Gasteiger partial charge in [0.25, 0.3) is 0 Å². The van der Waals surface area contributed by atoms with E-state index in [1.165, 1.54) is 11.3 Å². The van der Waals surface area contributed by atoms with E-state index >= 15 is 0 Å². The molecule has 0 bridgehead atoms. The molecule has 0 atom stereocenters. The maximum atomic E-state index is 12.6. The second-order valence-electron chi connectivity index (χ2n) is 6.58. The van der Waals surface area contributed by atoms with Gasteiger partial charge in [-0.25, -0.2) is 9.78 Å². The van der Waals surface area contributed by atoms with Crippen LogP contribution in [0.15, 0.2) is 57.7 Å². The minimum Gasteiger partial charge on any atom is -0.422 e. The first-order chi connectivity index (χ1) is 13.1. The Labute approximate surface area is 161 Å². The minimum absolute atomic E-state index is 0.243. The molecule has 0 unspecified atom stereocenters. The molecule has 2 heterocycles. The van der Waals surface area contributed by atoms with E-state index in [4.69, 9.17) is 10.8 Å². The van der Waals surface area contributed by atoms with Crippen molar-refractivity contribution in [2.45, 2.75) is 19.9 Å². The summed E-state index contributed by atoms with van der Waals surface area (Å²) in [5.41, 5.74) is 2.47. The van der Waals surface area contributed by atoms with E-state index in [1.807, 2.05) is 48.5 Å². The van der Waals surface area contributed by atoms with E-state index in [0.29, 0.717) is 22.7 Å². The number of hydrogen-bond acceptors (Lipinski definition) is 5. The topological polar surface area (TPSA) is 46.3 Å². The van der Waals surface area contributed by atoms with E-state index in [-0.39, 0.29) is 11.7 Å². The fraction of sp³-hybridized carbons (Fsp3) is 0.182. The van der Waals surface area contributed by atoms with Crippen LogP contribution in [-0.2, 0) is 0 Å². The molecule has 0 radical (unpaired) electrons. The van der Waals surface area contributed by atoms with Crippen LogP contribution in [0.1, 0.15) is 13.8 Å². The molecule has 2 aromatic heterocycles. The number of benzene rings is 2. The summed E-state index contributed by atoms with van der Waals surface area (Å²) in [5, 5.41) is 1.53. The lowest BCUT2D eigenvalue weighted by atomic mass is 10.1. The van der Waals surface area contributed by atoms with Crippen molar-refractivity contribution in [3.05, 3.63) is 59.0 Å². The Kier molecular flexibility index (Phi) is 4.43. The second kappa shape index (κ2) is 6.90. The van der Waals surface area contributed by atoms with Crippen LogP contribution in [0.3, 0.4) is 0 Å². The SMILES string of the molecule is C#CCN(c1ccc2cc(-c3nc4ccccc4s3)c(=O)oc2c1)C(C)C. The molecule has 4 rings (SSSR count). The Morgan fingerprint density at radius 3 is 2.78 bits per heavy atom. The van der Waals surface area contributed by atoms with Gasteiger partial charge in [0.2, 0.25) is 0 Å². The third-order valence-corrected chi connectivity index (χ3v) is 5.53. The van der Waals surface area contributed by atoms with Crippen molar-refractivity contribution in [2.24, 2.45) is 0 Å². The minimum atomic E-state index is -0.383. The van der Waals surface area contributed by atoms with E-state index in [2.05, 4.69) is 29.7 Å². The van der Waals surface area contributed by atoms with Crippen LogP contribution in [0, 0.1) is 12.3 Å². The molecule has 2 aromatic carbocycles. The molecule has 27 heavy (non-hydrogen) atoms. The van der Waals surface area contributed by atoms with Gasteiger partial charge in [0.05, 0.1) is 22.3 Å². The summed E-state index contributed by atoms with van der Waals surface area (Å²) in [7, 11) is 0. The number of thiazole rings is 1. The van der Waals surface area contributed by atoms with Gasteiger partial charge in [-0.05, 0) is 44.2 Å². The molecular weight excluding hydrogens is 356 g/mol. The van der Waals surface area contributed by atoms with Gasteiger partial charge in [0.1, 0.15) is 10.6 Å². The lowest BCUT2D eigenvalue weighted by Crippen LogP contribution is -2.30. The summed E-state index contributed by atoms with van der Waals surface area (Å²) >= 11 is 1.49. The van der Waals surface area contributed by atoms with Crippen molar-refractivity contribution in [1.82, 2.24) is 4.98 Å². The molecule has 4 aromatic rings. The van der Waals surface area contributed by atoms with Gasteiger partial charge in [-0.1, -0.05) is 18.1 Å². The van der Waals surface area contributed by atoms with Crippen LogP contribution in [0.25, 0.3) is 31.8 Å². The van der Waals surface area contributed by atoms with Gasteiger partial charge in [0.15, 0.2) is 0 Å². The number of fused-ring (bicyclic) bond motifs is 2. The van der Waals surface area contributed by atoms with Crippen LogP contribution in [0.2, 0.25) is 0 Å². The highest BCUT2D eigenvalue weighted by Gasteiger charge is 2.15. The Bertz CT molecular complexity index is 1200. The van der Waals surface area contributed by atoms with Gasteiger partial charge < -0.3 is 9.32 Å². The van der Waals surface area contributed by atoms with E-state index < -0.39 is 0 Å². The molecular formula is C22H18N2O2S. The fourth-order valence-electron chi connectivity index (χ4n) is 3.09. The van der Waals surface area contributed by atoms with Crippen LogP contribution in [0.5, 0.6) is 0 Å². The molecule has 134 valence electrons. The Hall–Kier alpha value is -3.10. The zero-order valence-electron chi connectivity index (χ0n) is 15.1. The second-order valence-corrected chi connectivity index (χ2v) is 7.61. The lowest BCUT2D eigenvalue weighted by Gasteiger charge is -2.26. The van der Waals surface area contributed by atoms with Crippen LogP contribution in [0.4, 0.5) is 5.69 Å². The molecule has 0 aliphatic carbocycles. The number of para-hydroxylation sites is 1. The molecule has 4 nitrogen and oxygen atoms in total. The average Bonchev–Trinajstić information content (AvgIpc) is 3.08. The van der Waals surface area contributed by atoms with E-state index in [9.17, 15) is 4.79 Å². The highest BCUT2D eigenvalue weighted by atomic mass is 32.1. The van der Waals surface area contributed by atoms with Crippen LogP contribution < -0.4 is 10.5 Å². The summed E-state index contributed by atoms with van der Waals surface area (Å²) in [6.45, 7) is 4.65. The zero-order valence-corrected chi connectivity index (χ0v) is 15.9. The first-order valence-corrected chi connectivity index (χ1v) is 9.52. The predicted molar refractivity (Wildman–Crippen MR) is 112 cm³/mol. The smallest absolute Gasteiger partial charge is 0.346 e. The molecule has 0 aliphatic rings. The van der Waals surface area contributed by atoms with Gasteiger partial charge in [0, 0.05) is 23.2 Å². The number of anilines is 1. The number of terminal acetylenes is 1. The summed E-state index contributed by atoms with van der Waals surface area (Å²) in [6, 6.07) is 15.8. The molecule has 0 N–H and O–H groups in total. The van der Waals surface area contributed by atoms with Crippen molar-refractivity contribution < 1.29 is 4.42 Å². The van der Waals surface area contributed by atoms with Gasteiger partial charge in [-0.3, -0.25) is 0 Å². The van der Waals surface area contributed by atoms with Crippen molar-refractivity contribution in [1.29, 1.82) is 0 Å². The third-order valence-electron chi connectivity index (χ3n) is 4.46. The first kappa shape index (κ1) is 17.3. The van der Waals surface area contributed by atoms with Crippen LogP contribution in [-0.4, -0.2) is 17.6 Å². The standard InChI is InChI=1S/C22H18N2O2S/c1-4-11-24(14(2)3)16-10-9-15-12-17(22(25)26-19(15)13-16)21-23-18-7-5-6-8-20(18)27-21/h1,5-10,12-14H,11H2,2-3H3. The molecule has 0 spiro atoms. The van der Waals surface area contributed by atoms with Crippen LogP contribution >= 0.6 is 11.3 Å². The number of rotatable bonds is 4. The fourth-order valence-corrected chi connectivity index (χ4v) is 4.05. The summed E-state index contributed by atoms with van der Waals surface area (Å²) in [4.78, 5) is 19.3. The molecule has 0 aliphatic heterocycles. The third kappa shape index (κ3) is 3.20. The van der Waals surface area contributed by atoms with Crippen molar-refractivity contribution >= 4 is 38.2 Å². The van der Waals surface area contributed by atoms with Gasteiger partial charge in [-0.15, -0.1) is 17.8 Å². The molecule has 0 saturated carbocycles. The van der Waals surface area contributed by atoms with Crippen molar-refractivity contribution in [3.63, 3.8) is 0 Å². The largest absolute Gasteiger partial charge is 0.422 e. The molecule has 0 saturated heterocycles. The van der Waals surface area contributed by atoms with E-state index in [0.717, 1.165) is 21.3 Å². The van der Waals surface area contributed by atoms with Gasteiger partial charge >= 0.3 is 5.63 Å². The molecule has 0 fully saturated rings. The Morgan fingerprint density at radius 1 is 1.22 bits per heavy atom. The number of hydrogen-bond donors (Lipinski definition) is 0. The maximum Gasteiger partial charge on any atom is 0.346 e. The summed E-state index contributed by atoms with van der Waals surface area (Å²) in [5.74, 6) is 2.68. The predicted octanol–water partition coefficient (Wildman–Crippen LogP) is 4.92. The highest BCUT2D eigenvalue weighted by molar-refractivity contribution is 7.21. The average molecular weight is 374 g/mol. The first-order valence-electron chi connectivity index (χ1n) is 8.71. The lowest BCUT2D eigenvalue weighted by molar-refractivity contribution is 0.563. The quantitative estimate of drug-likeness (QED) is 0.376. The molecule has 0 amide bonds. The monoisotopic (exact) mass is 374 g/mol. The van der Waals surface area contributed by atoms with Gasteiger partial charge in [-0.2, -0.15) is 0 Å². The summed E-state index contributed by atoms with van der Waals surface area (Å²) < 4.78 is 6.67. The Morgan fingerprint density at radius 2 is 2.04 bits per heavy atom.